The molecule has 2 aromatic rings. The molecule has 1 saturated heterocycles. The van der Waals surface area contributed by atoms with E-state index in [2.05, 4.69) is 26.3 Å². The van der Waals surface area contributed by atoms with Crippen molar-refractivity contribution in [3.05, 3.63) is 39.7 Å². The molecule has 2 aromatic heterocycles. The smallest absolute Gasteiger partial charge is 0.272 e. The zero-order valence-electron chi connectivity index (χ0n) is 11.9. The first-order valence-electron chi connectivity index (χ1n) is 6.89. The summed E-state index contributed by atoms with van der Waals surface area (Å²) >= 11 is 6.08. The van der Waals surface area contributed by atoms with E-state index in [4.69, 9.17) is 11.6 Å². The standard InChI is InChI=1S/C14H12ClFN6O/c15-11-13(22-4-3-18-7-9(22)6-17)20-12(21-14(11)23)8-1-2-19-10(16)5-8/h1-2,5,9,18H,3-4,7H2,(H,20,21,23)/t9-/m1/s1. The number of nitrogens with zero attached hydrogens (tertiary/aromatic N) is 4. The van der Waals surface area contributed by atoms with Gasteiger partial charge >= 0.3 is 0 Å². The summed E-state index contributed by atoms with van der Waals surface area (Å²) in [6, 6.07) is 4.35. The maximum atomic E-state index is 13.3. The van der Waals surface area contributed by atoms with Gasteiger partial charge in [-0.1, -0.05) is 11.6 Å². The van der Waals surface area contributed by atoms with Gasteiger partial charge in [-0.3, -0.25) is 4.79 Å². The monoisotopic (exact) mass is 334 g/mol. The molecule has 3 rings (SSSR count). The predicted octanol–water partition coefficient (Wildman–Crippen LogP) is 0.926. The van der Waals surface area contributed by atoms with Crippen LogP contribution in [0.5, 0.6) is 0 Å². The topological polar surface area (TPSA) is 97.7 Å². The molecule has 1 aliphatic heterocycles. The Balaban J connectivity index is 2.10. The third kappa shape index (κ3) is 3.02. The van der Waals surface area contributed by atoms with Crippen LogP contribution in [0.15, 0.2) is 23.1 Å². The van der Waals surface area contributed by atoms with Crippen LogP contribution in [0.25, 0.3) is 11.4 Å². The van der Waals surface area contributed by atoms with Crippen LogP contribution in [0, 0.1) is 17.3 Å². The minimum absolute atomic E-state index is 0.0922. The van der Waals surface area contributed by atoms with E-state index in [1.807, 2.05) is 0 Å². The molecule has 9 heteroatoms. The molecule has 1 aliphatic rings. The van der Waals surface area contributed by atoms with Crippen LogP contribution in [0.4, 0.5) is 10.2 Å². The Bertz CT molecular complexity index is 833. The Morgan fingerprint density at radius 3 is 3.09 bits per heavy atom. The van der Waals surface area contributed by atoms with Crippen molar-refractivity contribution in [1.29, 1.82) is 5.26 Å². The number of pyridine rings is 1. The van der Waals surface area contributed by atoms with E-state index < -0.39 is 17.5 Å². The summed E-state index contributed by atoms with van der Waals surface area (Å²) in [5, 5.41) is 12.3. The van der Waals surface area contributed by atoms with Gasteiger partial charge in [0.15, 0.2) is 5.82 Å². The van der Waals surface area contributed by atoms with Crippen LogP contribution in [0.2, 0.25) is 5.02 Å². The van der Waals surface area contributed by atoms with E-state index in [1.54, 1.807) is 4.90 Å². The van der Waals surface area contributed by atoms with Crippen molar-refractivity contribution < 1.29 is 4.39 Å². The lowest BCUT2D eigenvalue weighted by molar-refractivity contribution is 0.531. The molecule has 23 heavy (non-hydrogen) atoms. The fourth-order valence-corrected chi connectivity index (χ4v) is 2.59. The van der Waals surface area contributed by atoms with Gasteiger partial charge < -0.3 is 15.2 Å². The van der Waals surface area contributed by atoms with E-state index in [-0.39, 0.29) is 16.7 Å². The SMILES string of the molecule is N#C[C@@H]1CNCCN1c1nc(-c2ccnc(F)c2)[nH]c(=O)c1Cl. The highest BCUT2D eigenvalue weighted by Gasteiger charge is 2.26. The van der Waals surface area contributed by atoms with Gasteiger partial charge in [0, 0.05) is 37.5 Å². The first-order chi connectivity index (χ1) is 11.1. The molecule has 3 heterocycles. The van der Waals surface area contributed by atoms with Gasteiger partial charge in [-0.05, 0) is 6.07 Å². The van der Waals surface area contributed by atoms with Crippen molar-refractivity contribution in [1.82, 2.24) is 20.3 Å². The summed E-state index contributed by atoms with van der Waals surface area (Å²) in [6.45, 7) is 1.57. The number of aromatic amines is 1. The number of nitrogens with one attached hydrogen (secondary N) is 2. The van der Waals surface area contributed by atoms with Crippen LogP contribution in [-0.2, 0) is 0 Å². The normalized spacial score (nSPS) is 17.8. The molecule has 118 valence electrons. The average molecular weight is 335 g/mol. The molecule has 1 atom stereocenters. The Labute approximate surface area is 135 Å². The highest BCUT2D eigenvalue weighted by atomic mass is 35.5. The maximum Gasteiger partial charge on any atom is 0.272 e. The Morgan fingerprint density at radius 2 is 2.35 bits per heavy atom. The predicted molar refractivity (Wildman–Crippen MR) is 82.7 cm³/mol. The molecule has 2 N–H and O–H groups in total. The number of anilines is 1. The first-order valence-corrected chi connectivity index (χ1v) is 7.26. The van der Waals surface area contributed by atoms with Gasteiger partial charge in [-0.2, -0.15) is 9.65 Å². The number of piperazine rings is 1. The van der Waals surface area contributed by atoms with Crippen LogP contribution >= 0.6 is 11.6 Å². The molecule has 0 radical (unpaired) electrons. The zero-order valence-corrected chi connectivity index (χ0v) is 12.6. The third-order valence-corrected chi connectivity index (χ3v) is 3.85. The quantitative estimate of drug-likeness (QED) is 0.793. The summed E-state index contributed by atoms with van der Waals surface area (Å²) < 4.78 is 13.3. The van der Waals surface area contributed by atoms with Crippen LogP contribution in [0.3, 0.4) is 0 Å². The first kappa shape index (κ1) is 15.4. The second-order valence-electron chi connectivity index (χ2n) is 4.96. The lowest BCUT2D eigenvalue weighted by atomic mass is 10.2. The Morgan fingerprint density at radius 1 is 1.52 bits per heavy atom. The van der Waals surface area contributed by atoms with Gasteiger partial charge in [0.25, 0.3) is 5.56 Å². The van der Waals surface area contributed by atoms with Gasteiger partial charge in [0.05, 0.1) is 6.07 Å². The second-order valence-corrected chi connectivity index (χ2v) is 5.34. The van der Waals surface area contributed by atoms with Gasteiger partial charge in [-0.15, -0.1) is 0 Å². The van der Waals surface area contributed by atoms with Gasteiger partial charge in [0.1, 0.15) is 16.9 Å². The van der Waals surface area contributed by atoms with Crippen molar-refractivity contribution in [2.75, 3.05) is 24.5 Å². The fourth-order valence-electron chi connectivity index (χ4n) is 2.40. The van der Waals surface area contributed by atoms with Crippen molar-refractivity contribution >= 4 is 17.4 Å². The highest BCUT2D eigenvalue weighted by molar-refractivity contribution is 6.32. The molecule has 0 saturated carbocycles. The maximum absolute atomic E-state index is 13.3. The molecule has 0 aliphatic carbocycles. The molecule has 0 unspecified atom stereocenters. The van der Waals surface area contributed by atoms with Crippen molar-refractivity contribution in [3.8, 4) is 17.5 Å². The number of hydrogen-bond acceptors (Lipinski definition) is 6. The van der Waals surface area contributed by atoms with Crippen LogP contribution in [0.1, 0.15) is 0 Å². The summed E-state index contributed by atoms with van der Waals surface area (Å²) in [7, 11) is 0. The number of aromatic nitrogens is 3. The zero-order chi connectivity index (χ0) is 16.4. The van der Waals surface area contributed by atoms with E-state index in [0.29, 0.717) is 25.2 Å². The summed E-state index contributed by atoms with van der Waals surface area (Å²) in [6.07, 6.45) is 1.28. The van der Waals surface area contributed by atoms with Crippen LogP contribution < -0.4 is 15.8 Å². The number of halogens is 2. The molecular formula is C14H12ClFN6O. The molecule has 0 aromatic carbocycles. The largest absolute Gasteiger partial charge is 0.337 e. The summed E-state index contributed by atoms with van der Waals surface area (Å²) in [5.74, 6) is -0.291. The minimum Gasteiger partial charge on any atom is -0.337 e. The van der Waals surface area contributed by atoms with Crippen molar-refractivity contribution in [2.24, 2.45) is 0 Å². The average Bonchev–Trinajstić information content (AvgIpc) is 2.57. The number of nitriles is 1. The molecule has 1 fully saturated rings. The van der Waals surface area contributed by atoms with Crippen molar-refractivity contribution in [3.63, 3.8) is 0 Å². The van der Waals surface area contributed by atoms with Crippen molar-refractivity contribution in [2.45, 2.75) is 6.04 Å². The molecule has 0 amide bonds. The Kier molecular flexibility index (Phi) is 4.23. The number of hydrogen-bond donors (Lipinski definition) is 2. The van der Waals surface area contributed by atoms with Gasteiger partial charge in [0.2, 0.25) is 5.95 Å². The lowest BCUT2D eigenvalue weighted by Gasteiger charge is -2.33. The molecular weight excluding hydrogens is 323 g/mol. The van der Waals surface area contributed by atoms with Crippen LogP contribution in [-0.4, -0.2) is 40.6 Å². The molecule has 0 bridgehead atoms. The summed E-state index contributed by atoms with van der Waals surface area (Å²) in [4.78, 5) is 24.1. The highest BCUT2D eigenvalue weighted by Crippen LogP contribution is 2.25. The molecule has 7 nitrogen and oxygen atoms in total. The van der Waals surface area contributed by atoms with E-state index in [9.17, 15) is 14.4 Å². The second kappa shape index (κ2) is 6.32. The fraction of sp³-hybridized carbons (Fsp3) is 0.286. The van der Waals surface area contributed by atoms with E-state index in [0.717, 1.165) is 6.07 Å². The summed E-state index contributed by atoms with van der Waals surface area (Å²) in [5.41, 5.74) is -0.171. The third-order valence-electron chi connectivity index (χ3n) is 3.51. The lowest BCUT2D eigenvalue weighted by Crippen LogP contribution is -2.51. The van der Waals surface area contributed by atoms with E-state index in [1.165, 1.54) is 12.3 Å². The number of rotatable bonds is 2. The Hall–Kier alpha value is -2.50. The molecule has 0 spiro atoms. The number of H-pyrrole nitrogens is 1. The van der Waals surface area contributed by atoms with E-state index >= 15 is 0 Å². The minimum atomic E-state index is -0.682. The van der Waals surface area contributed by atoms with Gasteiger partial charge in [-0.25, -0.2) is 9.97 Å².